The van der Waals surface area contributed by atoms with E-state index in [1.807, 2.05) is 60.0 Å². The minimum Gasteiger partial charge on any atom is -0.493 e. The molecule has 29 heavy (non-hydrogen) atoms. The summed E-state index contributed by atoms with van der Waals surface area (Å²) in [5, 5.41) is 14.0. The van der Waals surface area contributed by atoms with Crippen molar-refractivity contribution in [1.29, 1.82) is 0 Å². The Balaban J connectivity index is 1.87. The van der Waals surface area contributed by atoms with Crippen molar-refractivity contribution in [3.8, 4) is 28.0 Å². The van der Waals surface area contributed by atoms with E-state index in [1.165, 1.54) is 20.7 Å². The quantitative estimate of drug-likeness (QED) is 0.446. The van der Waals surface area contributed by atoms with Gasteiger partial charge in [-0.15, -0.1) is 11.3 Å². The van der Waals surface area contributed by atoms with Crippen LogP contribution in [-0.4, -0.2) is 19.5 Å². The standard InChI is InChI=1S/C22H20ClN3O2S/c1-2-3-9-18-20(27)25(17-7-5-4-6-8-17)26(21(18)28)22-24-19(14-29-22)15-10-12-16(23)13-11-15/h4-8,10-14,28H,2-3,9H2,1H3. The topological polar surface area (TPSA) is 60.0 Å². The summed E-state index contributed by atoms with van der Waals surface area (Å²) in [5.74, 6) is -0.0516. The highest BCUT2D eigenvalue weighted by Crippen LogP contribution is 2.30. The molecule has 0 saturated heterocycles. The highest BCUT2D eigenvalue weighted by molar-refractivity contribution is 7.12. The SMILES string of the molecule is CCCCc1c(O)n(-c2nc(-c3ccc(Cl)cc3)cs2)n(-c2ccccc2)c1=O. The summed E-state index contributed by atoms with van der Waals surface area (Å²) in [6.45, 7) is 2.06. The molecule has 0 atom stereocenters. The van der Waals surface area contributed by atoms with Crippen LogP contribution in [0.2, 0.25) is 5.02 Å². The van der Waals surface area contributed by atoms with E-state index in [9.17, 15) is 9.90 Å². The number of hydrogen-bond acceptors (Lipinski definition) is 4. The Hall–Kier alpha value is -2.83. The van der Waals surface area contributed by atoms with Crippen LogP contribution >= 0.6 is 22.9 Å². The van der Waals surface area contributed by atoms with Gasteiger partial charge in [-0.05, 0) is 37.1 Å². The van der Waals surface area contributed by atoms with Crippen LogP contribution in [0.15, 0.2) is 64.8 Å². The number of aromatic hydroxyl groups is 1. The van der Waals surface area contributed by atoms with E-state index in [0.717, 1.165) is 24.1 Å². The Bertz CT molecular complexity index is 1180. The van der Waals surface area contributed by atoms with E-state index in [1.54, 1.807) is 0 Å². The predicted molar refractivity (Wildman–Crippen MR) is 118 cm³/mol. The van der Waals surface area contributed by atoms with Gasteiger partial charge in [-0.1, -0.05) is 55.3 Å². The van der Waals surface area contributed by atoms with E-state index in [2.05, 4.69) is 11.9 Å². The highest BCUT2D eigenvalue weighted by atomic mass is 35.5. The lowest BCUT2D eigenvalue weighted by Gasteiger charge is -2.09. The predicted octanol–water partition coefficient (Wildman–Crippen LogP) is 5.45. The van der Waals surface area contributed by atoms with Crippen LogP contribution in [0.4, 0.5) is 0 Å². The first-order valence-electron chi connectivity index (χ1n) is 9.43. The molecule has 4 aromatic rings. The van der Waals surface area contributed by atoms with Gasteiger partial charge in [0.05, 0.1) is 16.9 Å². The van der Waals surface area contributed by atoms with Crippen LogP contribution in [-0.2, 0) is 6.42 Å². The lowest BCUT2D eigenvalue weighted by Crippen LogP contribution is -2.21. The van der Waals surface area contributed by atoms with Crippen LogP contribution < -0.4 is 5.56 Å². The number of benzene rings is 2. The molecule has 4 rings (SSSR count). The third-order valence-electron chi connectivity index (χ3n) is 4.72. The molecule has 2 aromatic heterocycles. The zero-order valence-electron chi connectivity index (χ0n) is 15.9. The van der Waals surface area contributed by atoms with Gasteiger partial charge in [-0.3, -0.25) is 4.79 Å². The molecule has 1 N–H and O–H groups in total. The van der Waals surface area contributed by atoms with E-state index in [4.69, 9.17) is 11.6 Å². The van der Waals surface area contributed by atoms with Gasteiger partial charge in [0.2, 0.25) is 11.0 Å². The monoisotopic (exact) mass is 425 g/mol. The lowest BCUT2D eigenvalue weighted by atomic mass is 10.1. The van der Waals surface area contributed by atoms with Gasteiger partial charge in [-0.25, -0.2) is 9.67 Å². The molecule has 0 radical (unpaired) electrons. The van der Waals surface area contributed by atoms with Crippen molar-refractivity contribution in [3.05, 3.63) is 80.9 Å². The van der Waals surface area contributed by atoms with E-state index in [-0.39, 0.29) is 11.4 Å². The van der Waals surface area contributed by atoms with Gasteiger partial charge in [0.25, 0.3) is 5.56 Å². The van der Waals surface area contributed by atoms with Gasteiger partial charge < -0.3 is 5.11 Å². The summed E-state index contributed by atoms with van der Waals surface area (Å²) in [6, 6.07) is 16.7. The van der Waals surface area contributed by atoms with Crippen molar-refractivity contribution in [2.75, 3.05) is 0 Å². The number of para-hydroxylation sites is 1. The van der Waals surface area contributed by atoms with E-state index in [0.29, 0.717) is 27.8 Å². The molecule has 0 fully saturated rings. The second-order valence-electron chi connectivity index (χ2n) is 6.69. The van der Waals surface area contributed by atoms with Crippen LogP contribution in [0.1, 0.15) is 25.3 Å². The summed E-state index contributed by atoms with van der Waals surface area (Å²) >= 11 is 7.35. The molecule has 7 heteroatoms. The van der Waals surface area contributed by atoms with Gasteiger partial charge in [0.1, 0.15) is 0 Å². The summed E-state index contributed by atoms with van der Waals surface area (Å²) in [5.41, 5.74) is 2.56. The molecule has 0 saturated carbocycles. The third-order valence-corrected chi connectivity index (χ3v) is 5.78. The molecule has 2 heterocycles. The maximum absolute atomic E-state index is 13.1. The maximum atomic E-state index is 13.1. The first-order chi connectivity index (χ1) is 14.1. The van der Waals surface area contributed by atoms with Gasteiger partial charge >= 0.3 is 0 Å². The van der Waals surface area contributed by atoms with Crippen molar-refractivity contribution in [1.82, 2.24) is 14.3 Å². The number of aromatic nitrogens is 3. The van der Waals surface area contributed by atoms with Crippen LogP contribution in [0.5, 0.6) is 5.88 Å². The lowest BCUT2D eigenvalue weighted by molar-refractivity contribution is 0.419. The van der Waals surface area contributed by atoms with Crippen LogP contribution in [0.3, 0.4) is 0 Å². The van der Waals surface area contributed by atoms with Gasteiger partial charge in [0.15, 0.2) is 0 Å². The molecule has 0 bridgehead atoms. The van der Waals surface area contributed by atoms with E-state index < -0.39 is 0 Å². The number of nitrogens with zero attached hydrogens (tertiary/aromatic N) is 3. The zero-order chi connectivity index (χ0) is 20.4. The first kappa shape index (κ1) is 19.5. The molecule has 5 nitrogen and oxygen atoms in total. The molecule has 0 aliphatic heterocycles. The van der Waals surface area contributed by atoms with Crippen molar-refractivity contribution in [2.45, 2.75) is 26.2 Å². The molecule has 148 valence electrons. The second kappa shape index (κ2) is 8.27. The fourth-order valence-corrected chi connectivity index (χ4v) is 4.15. The summed E-state index contributed by atoms with van der Waals surface area (Å²) in [7, 11) is 0. The van der Waals surface area contributed by atoms with Crippen molar-refractivity contribution in [3.63, 3.8) is 0 Å². The van der Waals surface area contributed by atoms with Crippen LogP contribution in [0.25, 0.3) is 22.1 Å². The summed E-state index contributed by atoms with van der Waals surface area (Å²) in [6.07, 6.45) is 2.29. The van der Waals surface area contributed by atoms with Gasteiger partial charge in [-0.2, -0.15) is 4.68 Å². The van der Waals surface area contributed by atoms with Crippen LogP contribution in [0, 0.1) is 0 Å². The Morgan fingerprint density at radius 1 is 1.07 bits per heavy atom. The number of halogens is 1. The molecule has 0 aliphatic rings. The highest BCUT2D eigenvalue weighted by Gasteiger charge is 2.23. The molecule has 2 aromatic carbocycles. The molecular formula is C22H20ClN3O2S. The average molecular weight is 426 g/mol. The smallest absolute Gasteiger partial charge is 0.278 e. The minimum atomic E-state index is -0.217. The Morgan fingerprint density at radius 3 is 2.48 bits per heavy atom. The summed E-state index contributed by atoms with van der Waals surface area (Å²) < 4.78 is 3.00. The zero-order valence-corrected chi connectivity index (χ0v) is 17.5. The maximum Gasteiger partial charge on any atom is 0.278 e. The largest absolute Gasteiger partial charge is 0.493 e. The first-order valence-corrected chi connectivity index (χ1v) is 10.7. The molecule has 0 unspecified atom stereocenters. The fourth-order valence-electron chi connectivity index (χ4n) is 3.20. The second-order valence-corrected chi connectivity index (χ2v) is 7.97. The minimum absolute atomic E-state index is 0.0516. The Morgan fingerprint density at radius 2 is 1.79 bits per heavy atom. The molecule has 0 aliphatic carbocycles. The third kappa shape index (κ3) is 3.73. The van der Waals surface area contributed by atoms with Crippen molar-refractivity contribution in [2.24, 2.45) is 0 Å². The number of unbranched alkanes of at least 4 members (excludes halogenated alkanes) is 1. The fraction of sp³-hybridized carbons (Fsp3) is 0.182. The summed E-state index contributed by atoms with van der Waals surface area (Å²) in [4.78, 5) is 17.8. The van der Waals surface area contributed by atoms with Gasteiger partial charge in [0, 0.05) is 16.0 Å². The number of thiazole rings is 1. The Kier molecular flexibility index (Phi) is 5.56. The molecule has 0 amide bonds. The normalized spacial score (nSPS) is 11.1. The Labute approximate surface area is 177 Å². The number of rotatable bonds is 6. The average Bonchev–Trinajstić information content (AvgIpc) is 3.31. The molecular weight excluding hydrogens is 406 g/mol. The molecule has 0 spiro atoms. The number of hydrogen-bond donors (Lipinski definition) is 1. The van der Waals surface area contributed by atoms with E-state index >= 15 is 0 Å². The van der Waals surface area contributed by atoms with Crippen molar-refractivity contribution >= 4 is 22.9 Å². The van der Waals surface area contributed by atoms with Crippen molar-refractivity contribution < 1.29 is 5.11 Å².